The van der Waals surface area contributed by atoms with E-state index in [1.54, 1.807) is 18.3 Å². The van der Waals surface area contributed by atoms with Crippen LogP contribution in [0, 0.1) is 29.0 Å². The number of carbonyl (C=O) groups excluding carboxylic acids is 1. The lowest BCUT2D eigenvalue weighted by atomic mass is 9.57. The quantitative estimate of drug-likeness (QED) is 0.357. The number of nitriles is 1. The number of halogens is 1. The molecule has 0 radical (unpaired) electrons. The Kier molecular flexibility index (Phi) is 5.04. The van der Waals surface area contributed by atoms with Crippen molar-refractivity contribution in [1.29, 1.82) is 5.26 Å². The molecule has 0 saturated heterocycles. The number of rotatable bonds is 2. The number of benzene rings is 2. The lowest BCUT2D eigenvalue weighted by molar-refractivity contribution is -0.121. The molecule has 0 bridgehead atoms. The van der Waals surface area contributed by atoms with Gasteiger partial charge in [-0.3, -0.25) is 9.78 Å². The number of fused-ring (bicyclic) bond motifs is 4. The summed E-state index contributed by atoms with van der Waals surface area (Å²) in [5.74, 6) is -0.123. The molecule has 0 N–H and O–H groups in total. The minimum Gasteiger partial charge on any atom is -0.293 e. The first-order chi connectivity index (χ1) is 17.4. The largest absolute Gasteiger partial charge is 0.293 e. The van der Waals surface area contributed by atoms with Crippen LogP contribution in [0.2, 0.25) is 0 Å². The topological polar surface area (TPSA) is 79.5 Å². The molecule has 0 aliphatic heterocycles. The van der Waals surface area contributed by atoms with Gasteiger partial charge in [0.1, 0.15) is 11.9 Å². The second-order valence-electron chi connectivity index (χ2n) is 9.86. The fourth-order valence-electron chi connectivity index (χ4n) is 6.03. The third-order valence-corrected chi connectivity index (χ3v) is 7.85. The fourth-order valence-corrected chi connectivity index (χ4v) is 6.03. The van der Waals surface area contributed by atoms with Gasteiger partial charge >= 0.3 is 0 Å². The van der Waals surface area contributed by atoms with Crippen LogP contribution < -0.4 is 0 Å². The van der Waals surface area contributed by atoms with Crippen LogP contribution >= 0.6 is 0 Å². The number of hydrogen-bond donors (Lipinski definition) is 0. The van der Waals surface area contributed by atoms with Crippen molar-refractivity contribution < 1.29 is 9.18 Å². The molecule has 3 atom stereocenters. The van der Waals surface area contributed by atoms with Crippen molar-refractivity contribution in [3.63, 3.8) is 0 Å². The number of ketones is 1. The molecule has 2 unspecified atom stereocenters. The number of carbonyl (C=O) groups is 1. The molecule has 0 spiro atoms. The highest BCUT2D eigenvalue weighted by molar-refractivity contribution is 6.02. The first kappa shape index (κ1) is 22.2. The zero-order valence-electron chi connectivity index (χ0n) is 20.0. The molecule has 2 aromatic heterocycles. The van der Waals surface area contributed by atoms with Crippen LogP contribution in [0.5, 0.6) is 0 Å². The van der Waals surface area contributed by atoms with Crippen LogP contribution in [-0.2, 0) is 16.6 Å². The van der Waals surface area contributed by atoms with Crippen LogP contribution in [0.25, 0.3) is 33.5 Å². The number of hydrogen-bond acceptors (Lipinski definition) is 5. The summed E-state index contributed by atoms with van der Waals surface area (Å²) in [6, 6.07) is 18.2. The van der Waals surface area contributed by atoms with Crippen molar-refractivity contribution in [2.45, 2.75) is 32.1 Å². The van der Waals surface area contributed by atoms with E-state index in [2.05, 4.69) is 18.0 Å². The molecule has 6 heteroatoms. The lowest BCUT2D eigenvalue weighted by Crippen LogP contribution is -2.46. The van der Waals surface area contributed by atoms with E-state index in [4.69, 9.17) is 9.97 Å². The molecule has 176 valence electrons. The van der Waals surface area contributed by atoms with Crippen LogP contribution in [0.4, 0.5) is 4.39 Å². The molecule has 0 amide bonds. The Hall–Kier alpha value is -4.24. The van der Waals surface area contributed by atoms with Gasteiger partial charge in [0, 0.05) is 39.6 Å². The van der Waals surface area contributed by atoms with Crippen LogP contribution in [0.15, 0.2) is 72.4 Å². The predicted molar refractivity (Wildman–Crippen MR) is 135 cm³/mol. The van der Waals surface area contributed by atoms with Crippen molar-refractivity contribution in [1.82, 2.24) is 15.0 Å². The zero-order chi connectivity index (χ0) is 25.0. The van der Waals surface area contributed by atoms with E-state index in [9.17, 15) is 14.4 Å². The van der Waals surface area contributed by atoms with Gasteiger partial charge in [-0.2, -0.15) is 5.26 Å². The second-order valence-corrected chi connectivity index (χ2v) is 9.86. The Labute approximate surface area is 208 Å². The number of para-hydroxylation sites is 1. The molecule has 2 heterocycles. The molecule has 2 aromatic carbocycles. The van der Waals surface area contributed by atoms with E-state index < -0.39 is 5.41 Å². The molecule has 5 nitrogen and oxygen atoms in total. The number of Topliss-reactive ketones (excluding diaryl/α,β-unsaturated/α-hetero) is 1. The standard InChI is InChI=1S/C30H23FN4O/c1-17-24-12-11-23-26(18-7-9-20(31)10-8-18)34-29(22-13-14-33-25-6-4-3-5-21(22)25)35-28(23)30(24,2)15-19(16-32)27(17)36/h3-10,13-15,17,24H,11-12H2,1-2H3/t17?,24?,30-/m1/s1. The summed E-state index contributed by atoms with van der Waals surface area (Å²) in [6.07, 6.45) is 5.04. The van der Waals surface area contributed by atoms with E-state index in [1.165, 1.54) is 12.1 Å². The summed E-state index contributed by atoms with van der Waals surface area (Å²) in [5.41, 5.74) is 4.64. The smallest absolute Gasteiger partial charge is 0.176 e. The Morgan fingerprint density at radius 1 is 1.08 bits per heavy atom. The molecule has 0 saturated carbocycles. The van der Waals surface area contributed by atoms with E-state index in [-0.39, 0.29) is 29.0 Å². The summed E-state index contributed by atoms with van der Waals surface area (Å²) in [7, 11) is 0. The Morgan fingerprint density at radius 3 is 2.64 bits per heavy atom. The Balaban J connectivity index is 1.68. The zero-order valence-corrected chi connectivity index (χ0v) is 20.0. The van der Waals surface area contributed by atoms with Crippen LogP contribution in [0.3, 0.4) is 0 Å². The van der Waals surface area contributed by atoms with Gasteiger partial charge in [-0.05, 0) is 55.2 Å². The maximum Gasteiger partial charge on any atom is 0.176 e. The van der Waals surface area contributed by atoms with Gasteiger partial charge < -0.3 is 0 Å². The molecule has 0 fully saturated rings. The average molecular weight is 475 g/mol. The maximum absolute atomic E-state index is 13.8. The summed E-state index contributed by atoms with van der Waals surface area (Å²) in [4.78, 5) is 27.5. The number of pyridine rings is 1. The predicted octanol–water partition coefficient (Wildman–Crippen LogP) is 5.99. The SMILES string of the molecule is CC1C(=O)C(C#N)=C[C@@]2(C)c3nc(-c4ccnc5ccccc45)nc(-c4ccc(F)cc4)c3CCC12. The van der Waals surface area contributed by atoms with Crippen molar-refractivity contribution in [3.05, 3.63) is 89.5 Å². The van der Waals surface area contributed by atoms with Gasteiger partial charge in [-0.15, -0.1) is 0 Å². The normalized spacial score (nSPS) is 22.9. The highest BCUT2D eigenvalue weighted by Gasteiger charge is 2.49. The third-order valence-electron chi connectivity index (χ3n) is 7.85. The second kappa shape index (κ2) is 8.17. The van der Waals surface area contributed by atoms with Crippen molar-refractivity contribution in [2.24, 2.45) is 11.8 Å². The number of aromatic nitrogens is 3. The maximum atomic E-state index is 13.8. The van der Waals surface area contributed by atoms with Gasteiger partial charge in [0.25, 0.3) is 0 Å². The first-order valence-corrected chi connectivity index (χ1v) is 12.1. The summed E-state index contributed by atoms with van der Waals surface area (Å²) in [5, 5.41) is 10.7. The summed E-state index contributed by atoms with van der Waals surface area (Å²) >= 11 is 0. The van der Waals surface area contributed by atoms with Crippen LogP contribution in [0.1, 0.15) is 31.5 Å². The Bertz CT molecular complexity index is 1610. The van der Waals surface area contributed by atoms with Gasteiger partial charge in [-0.25, -0.2) is 14.4 Å². The minimum atomic E-state index is -0.610. The summed E-state index contributed by atoms with van der Waals surface area (Å²) < 4.78 is 13.8. The van der Waals surface area contributed by atoms with Gasteiger partial charge in [0.2, 0.25) is 0 Å². The first-order valence-electron chi connectivity index (χ1n) is 12.1. The van der Waals surface area contributed by atoms with Crippen molar-refractivity contribution in [3.8, 4) is 28.7 Å². The number of allylic oxidation sites excluding steroid dienone is 2. The molecule has 6 rings (SSSR count). The number of nitrogens with zero attached hydrogens (tertiary/aromatic N) is 4. The average Bonchev–Trinajstić information content (AvgIpc) is 2.90. The van der Waals surface area contributed by atoms with E-state index in [1.807, 2.05) is 43.3 Å². The molecule has 2 aliphatic rings. The van der Waals surface area contributed by atoms with Gasteiger partial charge in [0.05, 0.1) is 22.5 Å². The molecular formula is C30H23FN4O. The van der Waals surface area contributed by atoms with Gasteiger partial charge in [0.15, 0.2) is 11.6 Å². The van der Waals surface area contributed by atoms with Crippen molar-refractivity contribution >= 4 is 16.7 Å². The molecule has 2 aliphatic carbocycles. The monoisotopic (exact) mass is 474 g/mol. The third kappa shape index (κ3) is 3.27. The Morgan fingerprint density at radius 2 is 1.86 bits per heavy atom. The van der Waals surface area contributed by atoms with Gasteiger partial charge in [-0.1, -0.05) is 38.1 Å². The molecular weight excluding hydrogens is 451 g/mol. The van der Waals surface area contributed by atoms with E-state index in [0.29, 0.717) is 12.2 Å². The van der Waals surface area contributed by atoms with E-state index in [0.717, 1.165) is 45.4 Å². The molecule has 36 heavy (non-hydrogen) atoms. The summed E-state index contributed by atoms with van der Waals surface area (Å²) in [6.45, 7) is 3.99. The highest BCUT2D eigenvalue weighted by Crippen LogP contribution is 2.51. The van der Waals surface area contributed by atoms with Crippen LogP contribution in [-0.4, -0.2) is 20.7 Å². The fraction of sp³-hybridized carbons (Fsp3) is 0.233. The molecule has 4 aromatic rings. The minimum absolute atomic E-state index is 0.0209. The van der Waals surface area contributed by atoms with Crippen molar-refractivity contribution in [2.75, 3.05) is 0 Å². The highest BCUT2D eigenvalue weighted by atomic mass is 19.1. The van der Waals surface area contributed by atoms with E-state index >= 15 is 0 Å². The lowest BCUT2D eigenvalue weighted by Gasteiger charge is -2.45.